The highest BCUT2D eigenvalue weighted by Gasteiger charge is 2.44. The van der Waals surface area contributed by atoms with Crippen LogP contribution in [0.5, 0.6) is 0 Å². The number of carbonyl (C=O) groups excluding carboxylic acids is 2. The SMILES string of the molecule is CCN(CC)c1ccc(N2C(=O)C(O)=C(C(=O)CC(C)C)C2c2cccc(C)c2)cc1. The summed E-state index contributed by atoms with van der Waals surface area (Å²) in [6.45, 7) is 11.9. The van der Waals surface area contributed by atoms with Crippen molar-refractivity contribution in [2.75, 3.05) is 22.9 Å². The lowest BCUT2D eigenvalue weighted by Crippen LogP contribution is -2.31. The average molecular weight is 421 g/mol. The Morgan fingerprint density at radius 2 is 1.74 bits per heavy atom. The van der Waals surface area contributed by atoms with Gasteiger partial charge in [-0.3, -0.25) is 14.5 Å². The van der Waals surface area contributed by atoms with Gasteiger partial charge in [-0.1, -0.05) is 43.7 Å². The second-order valence-corrected chi connectivity index (χ2v) is 8.46. The van der Waals surface area contributed by atoms with E-state index < -0.39 is 17.7 Å². The Balaban J connectivity index is 2.08. The summed E-state index contributed by atoms with van der Waals surface area (Å²) in [5.41, 5.74) is 3.77. The van der Waals surface area contributed by atoms with Gasteiger partial charge in [-0.15, -0.1) is 0 Å². The predicted octanol–water partition coefficient (Wildman–Crippen LogP) is 5.36. The van der Waals surface area contributed by atoms with Crippen molar-refractivity contribution < 1.29 is 14.7 Å². The van der Waals surface area contributed by atoms with Crippen molar-refractivity contribution in [2.45, 2.75) is 47.1 Å². The molecular weight excluding hydrogens is 388 g/mol. The van der Waals surface area contributed by atoms with Crippen LogP contribution in [0.2, 0.25) is 0 Å². The Morgan fingerprint density at radius 3 is 2.29 bits per heavy atom. The Kier molecular flexibility index (Phi) is 6.84. The van der Waals surface area contributed by atoms with Crippen LogP contribution in [-0.2, 0) is 9.59 Å². The first-order chi connectivity index (χ1) is 14.8. The molecule has 0 aromatic heterocycles. The maximum atomic E-state index is 13.2. The van der Waals surface area contributed by atoms with Crippen LogP contribution in [0.3, 0.4) is 0 Å². The van der Waals surface area contributed by atoms with Gasteiger partial charge in [0.2, 0.25) is 0 Å². The van der Waals surface area contributed by atoms with Crippen LogP contribution in [0.15, 0.2) is 59.9 Å². The number of aliphatic hydroxyl groups excluding tert-OH is 1. The zero-order chi connectivity index (χ0) is 22.7. The maximum Gasteiger partial charge on any atom is 0.294 e. The molecule has 1 amide bonds. The molecule has 1 unspecified atom stereocenters. The van der Waals surface area contributed by atoms with Gasteiger partial charge in [0.15, 0.2) is 11.5 Å². The number of aryl methyl sites for hydroxylation is 1. The van der Waals surface area contributed by atoms with Gasteiger partial charge < -0.3 is 10.0 Å². The van der Waals surface area contributed by atoms with E-state index in [1.54, 1.807) is 4.90 Å². The molecule has 0 saturated heterocycles. The van der Waals surface area contributed by atoms with Crippen molar-refractivity contribution >= 4 is 23.1 Å². The van der Waals surface area contributed by atoms with Crippen LogP contribution in [0.25, 0.3) is 0 Å². The number of hydrogen-bond acceptors (Lipinski definition) is 4. The molecule has 2 aromatic rings. The van der Waals surface area contributed by atoms with Crippen molar-refractivity contribution in [3.8, 4) is 0 Å². The second kappa shape index (κ2) is 9.38. The van der Waals surface area contributed by atoms with E-state index in [4.69, 9.17) is 0 Å². The Hall–Kier alpha value is -3.08. The summed E-state index contributed by atoms with van der Waals surface area (Å²) < 4.78 is 0. The zero-order valence-electron chi connectivity index (χ0n) is 19.1. The zero-order valence-corrected chi connectivity index (χ0v) is 19.1. The topological polar surface area (TPSA) is 60.9 Å². The van der Waals surface area contributed by atoms with Gasteiger partial charge in [0, 0.05) is 30.9 Å². The maximum absolute atomic E-state index is 13.2. The molecule has 0 saturated carbocycles. The summed E-state index contributed by atoms with van der Waals surface area (Å²) in [6, 6.07) is 14.9. The molecule has 1 aliphatic rings. The molecule has 0 bridgehead atoms. The second-order valence-electron chi connectivity index (χ2n) is 8.46. The van der Waals surface area contributed by atoms with Crippen LogP contribution in [0.4, 0.5) is 11.4 Å². The number of ketones is 1. The third-order valence-corrected chi connectivity index (χ3v) is 5.72. The fourth-order valence-electron chi connectivity index (χ4n) is 4.21. The number of nitrogens with zero attached hydrogens (tertiary/aromatic N) is 2. The molecule has 0 fully saturated rings. The molecule has 3 rings (SSSR count). The van der Waals surface area contributed by atoms with E-state index in [1.165, 1.54) is 0 Å². The molecule has 31 heavy (non-hydrogen) atoms. The van der Waals surface area contributed by atoms with E-state index in [1.807, 2.05) is 69.3 Å². The van der Waals surface area contributed by atoms with E-state index in [-0.39, 0.29) is 23.7 Å². The quantitative estimate of drug-likeness (QED) is 0.625. The minimum atomic E-state index is -0.641. The van der Waals surface area contributed by atoms with Crippen molar-refractivity contribution in [1.82, 2.24) is 0 Å². The lowest BCUT2D eigenvalue weighted by molar-refractivity contribution is -0.118. The lowest BCUT2D eigenvalue weighted by atomic mass is 9.91. The predicted molar refractivity (Wildman–Crippen MR) is 126 cm³/mol. The molecule has 5 nitrogen and oxygen atoms in total. The molecule has 164 valence electrons. The Bertz CT molecular complexity index is 988. The molecule has 0 spiro atoms. The fourth-order valence-corrected chi connectivity index (χ4v) is 4.21. The molecule has 1 N–H and O–H groups in total. The highest BCUT2D eigenvalue weighted by molar-refractivity contribution is 6.16. The van der Waals surface area contributed by atoms with Crippen LogP contribution in [0.1, 0.15) is 51.3 Å². The van der Waals surface area contributed by atoms with Crippen LogP contribution in [-0.4, -0.2) is 29.9 Å². The third kappa shape index (κ3) is 4.50. The van der Waals surface area contributed by atoms with Crippen molar-refractivity contribution in [3.63, 3.8) is 0 Å². The van der Waals surface area contributed by atoms with Gasteiger partial charge in [-0.25, -0.2) is 0 Å². The number of aliphatic hydroxyl groups is 1. The van der Waals surface area contributed by atoms with Gasteiger partial charge in [-0.05, 0) is 56.5 Å². The van der Waals surface area contributed by atoms with E-state index in [0.29, 0.717) is 5.69 Å². The van der Waals surface area contributed by atoms with E-state index >= 15 is 0 Å². The number of amides is 1. The van der Waals surface area contributed by atoms with E-state index in [9.17, 15) is 14.7 Å². The van der Waals surface area contributed by atoms with Crippen LogP contribution in [0, 0.1) is 12.8 Å². The van der Waals surface area contributed by atoms with Gasteiger partial charge in [-0.2, -0.15) is 0 Å². The number of carbonyl (C=O) groups is 2. The molecule has 0 radical (unpaired) electrons. The van der Waals surface area contributed by atoms with Crippen LogP contribution < -0.4 is 9.80 Å². The fraction of sp³-hybridized carbons (Fsp3) is 0.385. The van der Waals surface area contributed by atoms with Crippen molar-refractivity contribution in [3.05, 3.63) is 71.0 Å². The molecule has 5 heteroatoms. The highest BCUT2D eigenvalue weighted by atomic mass is 16.3. The van der Waals surface area contributed by atoms with Crippen molar-refractivity contribution in [1.29, 1.82) is 0 Å². The smallest absolute Gasteiger partial charge is 0.294 e. The minimum absolute atomic E-state index is 0.128. The van der Waals surface area contributed by atoms with Gasteiger partial charge >= 0.3 is 0 Å². The Morgan fingerprint density at radius 1 is 1.10 bits per heavy atom. The van der Waals surface area contributed by atoms with E-state index in [0.717, 1.165) is 29.9 Å². The largest absolute Gasteiger partial charge is 0.503 e. The van der Waals surface area contributed by atoms with Gasteiger partial charge in [0.1, 0.15) is 0 Å². The number of Topliss-reactive ketones (excluding diaryl/α,β-unsaturated/α-hetero) is 1. The van der Waals surface area contributed by atoms with Gasteiger partial charge in [0.05, 0.1) is 11.6 Å². The third-order valence-electron chi connectivity index (χ3n) is 5.72. The summed E-state index contributed by atoms with van der Waals surface area (Å²) in [5, 5.41) is 10.8. The molecule has 1 atom stereocenters. The molecule has 1 aliphatic heterocycles. The number of benzene rings is 2. The Labute approximate surface area is 185 Å². The lowest BCUT2D eigenvalue weighted by Gasteiger charge is -2.28. The summed E-state index contributed by atoms with van der Waals surface area (Å²) in [7, 11) is 0. The molecular formula is C26H32N2O3. The number of hydrogen-bond donors (Lipinski definition) is 1. The first kappa shape index (κ1) is 22.6. The number of rotatable bonds is 8. The normalized spacial score (nSPS) is 16.4. The standard InChI is InChI=1S/C26H32N2O3/c1-6-27(7-2)20-11-13-21(14-12-20)28-24(19-10-8-9-18(5)16-19)23(25(30)26(28)31)22(29)15-17(3)4/h8-14,16-17,24,30H,6-7,15H2,1-5H3. The van der Waals surface area contributed by atoms with Crippen molar-refractivity contribution in [2.24, 2.45) is 5.92 Å². The van der Waals surface area contributed by atoms with E-state index in [2.05, 4.69) is 18.7 Å². The minimum Gasteiger partial charge on any atom is -0.503 e. The average Bonchev–Trinajstić information content (AvgIpc) is 3.00. The van der Waals surface area contributed by atoms with Crippen LogP contribution >= 0.6 is 0 Å². The summed E-state index contributed by atoms with van der Waals surface area (Å²) in [6.07, 6.45) is 0.281. The summed E-state index contributed by atoms with van der Waals surface area (Å²) in [4.78, 5) is 30.0. The summed E-state index contributed by atoms with van der Waals surface area (Å²) >= 11 is 0. The number of anilines is 2. The molecule has 2 aromatic carbocycles. The summed E-state index contributed by atoms with van der Waals surface area (Å²) in [5.74, 6) is -1.03. The molecule has 0 aliphatic carbocycles. The monoisotopic (exact) mass is 420 g/mol. The first-order valence-electron chi connectivity index (χ1n) is 11.0. The highest BCUT2D eigenvalue weighted by Crippen LogP contribution is 2.42. The molecule has 1 heterocycles. The first-order valence-corrected chi connectivity index (χ1v) is 11.0. The van der Waals surface area contributed by atoms with Gasteiger partial charge in [0.25, 0.3) is 5.91 Å².